The topological polar surface area (TPSA) is 25.2 Å². The number of furan rings is 1. The summed E-state index contributed by atoms with van der Waals surface area (Å²) in [5.41, 5.74) is 0. The molecule has 0 saturated heterocycles. The van der Waals surface area contributed by atoms with Crippen LogP contribution < -0.4 is 5.32 Å². The Hall–Kier alpha value is -0.0600. The smallest absolute Gasteiger partial charge is 0.183 e. The van der Waals surface area contributed by atoms with Crippen molar-refractivity contribution < 1.29 is 4.42 Å². The monoisotopic (exact) mass is 321 g/mol. The van der Waals surface area contributed by atoms with Crippen LogP contribution in [0.25, 0.3) is 0 Å². The van der Waals surface area contributed by atoms with E-state index in [1.807, 2.05) is 12.1 Å². The molecule has 1 aromatic rings. The summed E-state index contributed by atoms with van der Waals surface area (Å²) in [5.74, 6) is 0.916. The maximum atomic E-state index is 5.42. The Bertz CT molecular complexity index is 290. The van der Waals surface area contributed by atoms with Crippen molar-refractivity contribution in [3.63, 3.8) is 0 Å². The minimum Gasteiger partial charge on any atom is -0.452 e. The van der Waals surface area contributed by atoms with E-state index in [0.717, 1.165) is 27.9 Å². The summed E-state index contributed by atoms with van der Waals surface area (Å²) >= 11 is 6.67. The van der Waals surface area contributed by atoms with E-state index in [4.69, 9.17) is 4.42 Å². The highest BCUT2D eigenvalue weighted by molar-refractivity contribution is 9.13. The summed E-state index contributed by atoms with van der Waals surface area (Å²) in [6.07, 6.45) is 2.87. The van der Waals surface area contributed by atoms with Crippen LogP contribution in [0, 0.1) is 0 Å². The quantitative estimate of drug-likeness (QED) is 0.833. The predicted molar refractivity (Wildman–Crippen MR) is 65.2 cm³/mol. The Morgan fingerprint density at radius 3 is 2.86 bits per heavy atom. The molecule has 1 N–H and O–H groups in total. The molecule has 78 valence electrons. The first-order valence-corrected chi connectivity index (χ1v) is 6.00. The lowest BCUT2D eigenvalue weighted by Gasteiger charge is -2.09. The van der Waals surface area contributed by atoms with Gasteiger partial charge in [-0.3, -0.25) is 0 Å². The molecule has 1 atom stereocenters. The number of hydrogen-bond donors (Lipinski definition) is 1. The van der Waals surface area contributed by atoms with Crippen molar-refractivity contribution in [3.8, 4) is 0 Å². The van der Waals surface area contributed by atoms with Crippen molar-refractivity contribution in [2.75, 3.05) is 0 Å². The summed E-state index contributed by atoms with van der Waals surface area (Å²) in [6, 6.07) is 2.38. The van der Waals surface area contributed by atoms with Crippen molar-refractivity contribution in [3.05, 3.63) is 33.6 Å². The third-order valence-electron chi connectivity index (χ3n) is 1.84. The molecule has 14 heavy (non-hydrogen) atoms. The minimum absolute atomic E-state index is 0.426. The summed E-state index contributed by atoms with van der Waals surface area (Å²) < 4.78 is 7.12. The standard InChI is InChI=1S/C10H13Br2NO/c1-3-4-7(2)13-6-8-5-9(11)10(12)14-8/h3,5,7,13H,1,4,6H2,2H3. The molecule has 0 aliphatic heterocycles. The third-order valence-corrected chi connectivity index (χ3v) is 3.55. The van der Waals surface area contributed by atoms with Gasteiger partial charge < -0.3 is 9.73 Å². The second-order valence-corrected chi connectivity index (χ2v) is 4.72. The van der Waals surface area contributed by atoms with Crippen LogP contribution in [-0.4, -0.2) is 6.04 Å². The molecule has 0 fully saturated rings. The molecule has 1 aromatic heterocycles. The van der Waals surface area contributed by atoms with Gasteiger partial charge in [0.15, 0.2) is 4.67 Å². The maximum absolute atomic E-state index is 5.42. The number of hydrogen-bond acceptors (Lipinski definition) is 2. The van der Waals surface area contributed by atoms with Crippen LogP contribution in [0.3, 0.4) is 0 Å². The lowest BCUT2D eigenvalue weighted by atomic mass is 10.2. The second kappa shape index (κ2) is 5.73. The van der Waals surface area contributed by atoms with E-state index in [2.05, 4.69) is 50.7 Å². The third kappa shape index (κ3) is 3.59. The molecule has 0 radical (unpaired) electrons. The van der Waals surface area contributed by atoms with Crippen LogP contribution in [0.4, 0.5) is 0 Å². The molecule has 4 heteroatoms. The first kappa shape index (κ1) is 12.0. The molecule has 1 heterocycles. The van der Waals surface area contributed by atoms with Gasteiger partial charge in [-0.2, -0.15) is 0 Å². The van der Waals surface area contributed by atoms with E-state index in [1.54, 1.807) is 0 Å². The average molecular weight is 323 g/mol. The van der Waals surface area contributed by atoms with Gasteiger partial charge in [-0.15, -0.1) is 6.58 Å². The zero-order valence-corrected chi connectivity index (χ0v) is 11.2. The Kier molecular flexibility index (Phi) is 4.92. The van der Waals surface area contributed by atoms with Crippen LogP contribution in [0.5, 0.6) is 0 Å². The molecule has 0 bridgehead atoms. The van der Waals surface area contributed by atoms with E-state index >= 15 is 0 Å². The molecule has 0 aromatic carbocycles. The van der Waals surface area contributed by atoms with Crippen LogP contribution >= 0.6 is 31.9 Å². The molecule has 0 amide bonds. The Morgan fingerprint density at radius 2 is 2.36 bits per heavy atom. The first-order chi connectivity index (χ1) is 6.63. The summed E-state index contributed by atoms with van der Waals surface area (Å²) in [4.78, 5) is 0. The Morgan fingerprint density at radius 1 is 1.64 bits per heavy atom. The van der Waals surface area contributed by atoms with Gasteiger partial charge in [0.25, 0.3) is 0 Å². The minimum atomic E-state index is 0.426. The zero-order valence-electron chi connectivity index (χ0n) is 8.02. The van der Waals surface area contributed by atoms with Gasteiger partial charge in [0.1, 0.15) is 5.76 Å². The zero-order chi connectivity index (χ0) is 10.6. The molecular weight excluding hydrogens is 310 g/mol. The van der Waals surface area contributed by atoms with E-state index in [9.17, 15) is 0 Å². The van der Waals surface area contributed by atoms with Crippen molar-refractivity contribution >= 4 is 31.9 Å². The predicted octanol–water partition coefficient (Wildman–Crippen LogP) is 3.86. The maximum Gasteiger partial charge on any atom is 0.183 e. The van der Waals surface area contributed by atoms with E-state index < -0.39 is 0 Å². The van der Waals surface area contributed by atoms with Crippen LogP contribution in [0.1, 0.15) is 19.1 Å². The summed E-state index contributed by atoms with van der Waals surface area (Å²) in [6.45, 7) is 6.55. The van der Waals surface area contributed by atoms with Gasteiger partial charge in [-0.25, -0.2) is 0 Å². The molecule has 0 saturated carbocycles. The van der Waals surface area contributed by atoms with Gasteiger partial charge in [0, 0.05) is 6.04 Å². The fourth-order valence-corrected chi connectivity index (χ4v) is 1.75. The van der Waals surface area contributed by atoms with Crippen molar-refractivity contribution in [1.29, 1.82) is 0 Å². The van der Waals surface area contributed by atoms with Gasteiger partial charge in [0.2, 0.25) is 0 Å². The van der Waals surface area contributed by atoms with E-state index in [1.165, 1.54) is 0 Å². The van der Waals surface area contributed by atoms with Crippen LogP contribution in [0.2, 0.25) is 0 Å². The van der Waals surface area contributed by atoms with E-state index in [0.29, 0.717) is 6.04 Å². The summed E-state index contributed by atoms with van der Waals surface area (Å²) in [5, 5.41) is 3.33. The highest BCUT2D eigenvalue weighted by Gasteiger charge is 2.06. The van der Waals surface area contributed by atoms with Gasteiger partial charge >= 0.3 is 0 Å². The first-order valence-electron chi connectivity index (χ1n) is 4.41. The van der Waals surface area contributed by atoms with Crippen molar-refractivity contribution in [2.24, 2.45) is 0 Å². The number of halogens is 2. The van der Waals surface area contributed by atoms with Gasteiger partial charge in [-0.1, -0.05) is 6.08 Å². The molecule has 2 nitrogen and oxygen atoms in total. The van der Waals surface area contributed by atoms with Crippen LogP contribution in [0.15, 0.2) is 32.3 Å². The molecule has 1 rings (SSSR count). The molecular formula is C10H13Br2NO. The molecule has 0 aliphatic carbocycles. The highest BCUT2D eigenvalue weighted by Crippen LogP contribution is 2.26. The van der Waals surface area contributed by atoms with Gasteiger partial charge in [0.05, 0.1) is 11.0 Å². The molecule has 0 aliphatic rings. The summed E-state index contributed by atoms with van der Waals surface area (Å²) in [7, 11) is 0. The Balaban J connectivity index is 2.41. The normalized spacial score (nSPS) is 12.8. The van der Waals surface area contributed by atoms with E-state index in [-0.39, 0.29) is 0 Å². The largest absolute Gasteiger partial charge is 0.452 e. The second-order valence-electron chi connectivity index (χ2n) is 3.14. The van der Waals surface area contributed by atoms with Crippen LogP contribution in [-0.2, 0) is 6.54 Å². The van der Waals surface area contributed by atoms with Crippen molar-refractivity contribution in [2.45, 2.75) is 25.9 Å². The molecule has 1 unspecified atom stereocenters. The molecule has 0 spiro atoms. The highest BCUT2D eigenvalue weighted by atomic mass is 79.9. The van der Waals surface area contributed by atoms with Gasteiger partial charge in [-0.05, 0) is 51.3 Å². The Labute approximate surface area is 101 Å². The number of nitrogens with one attached hydrogen (secondary N) is 1. The fourth-order valence-electron chi connectivity index (χ4n) is 1.09. The van der Waals surface area contributed by atoms with Crippen molar-refractivity contribution in [1.82, 2.24) is 5.32 Å². The lowest BCUT2D eigenvalue weighted by Crippen LogP contribution is -2.24. The fraction of sp³-hybridized carbons (Fsp3) is 0.400. The SMILES string of the molecule is C=CCC(C)NCc1cc(Br)c(Br)o1. The average Bonchev–Trinajstić information content (AvgIpc) is 2.44. The number of rotatable bonds is 5. The lowest BCUT2D eigenvalue weighted by molar-refractivity contribution is 0.442.